The van der Waals surface area contributed by atoms with Crippen LogP contribution in [0.2, 0.25) is 0 Å². The van der Waals surface area contributed by atoms with Gasteiger partial charge in [-0.15, -0.1) is 0 Å². The highest BCUT2D eigenvalue weighted by molar-refractivity contribution is 5.28. The number of benzene rings is 1. The van der Waals surface area contributed by atoms with E-state index < -0.39 is 0 Å². The van der Waals surface area contributed by atoms with Gasteiger partial charge < -0.3 is 0 Å². The average molecular weight is 387 g/mol. The number of aryl methyl sites for hydroxylation is 1. The molecule has 1 heteroatoms. The SMILES string of the molecule is CCCCC1CCC(CCc2ccc(C3CCC(CCC)CC3)c(F)c2)CC1. The van der Waals surface area contributed by atoms with Crippen LogP contribution in [0.15, 0.2) is 18.2 Å². The molecule has 0 nitrogen and oxygen atoms in total. The van der Waals surface area contributed by atoms with Crippen LogP contribution in [0.25, 0.3) is 0 Å². The Morgan fingerprint density at radius 2 is 1.36 bits per heavy atom. The van der Waals surface area contributed by atoms with E-state index in [0.717, 1.165) is 29.7 Å². The molecule has 3 rings (SSSR count). The predicted octanol–water partition coefficient (Wildman–Crippen LogP) is 8.83. The molecule has 158 valence electrons. The van der Waals surface area contributed by atoms with Crippen LogP contribution in [0.1, 0.15) is 121 Å². The topological polar surface area (TPSA) is 0 Å². The van der Waals surface area contributed by atoms with Gasteiger partial charge in [0.15, 0.2) is 0 Å². The minimum atomic E-state index is 0.0692. The second-order valence-electron chi connectivity index (χ2n) is 9.93. The lowest BCUT2D eigenvalue weighted by atomic mass is 9.76. The van der Waals surface area contributed by atoms with Crippen molar-refractivity contribution in [2.24, 2.45) is 17.8 Å². The maximum atomic E-state index is 14.8. The number of unbranched alkanes of at least 4 members (excludes halogenated alkanes) is 1. The predicted molar refractivity (Wildman–Crippen MR) is 119 cm³/mol. The van der Waals surface area contributed by atoms with Crippen LogP contribution < -0.4 is 0 Å². The third-order valence-corrected chi connectivity index (χ3v) is 7.82. The summed E-state index contributed by atoms with van der Waals surface area (Å²) in [7, 11) is 0. The molecule has 1 aromatic carbocycles. The van der Waals surface area contributed by atoms with Gasteiger partial charge in [0.2, 0.25) is 0 Å². The molecule has 0 atom stereocenters. The van der Waals surface area contributed by atoms with Crippen LogP contribution in [0.4, 0.5) is 4.39 Å². The second-order valence-corrected chi connectivity index (χ2v) is 9.93. The first-order valence-corrected chi connectivity index (χ1v) is 12.5. The summed E-state index contributed by atoms with van der Waals surface area (Å²) in [6.07, 6.45) is 19.7. The summed E-state index contributed by atoms with van der Waals surface area (Å²) >= 11 is 0. The molecule has 0 N–H and O–H groups in total. The van der Waals surface area contributed by atoms with Gasteiger partial charge >= 0.3 is 0 Å². The monoisotopic (exact) mass is 386 g/mol. The van der Waals surface area contributed by atoms with Crippen molar-refractivity contribution in [3.8, 4) is 0 Å². The quantitative estimate of drug-likeness (QED) is 0.397. The third kappa shape index (κ3) is 6.33. The van der Waals surface area contributed by atoms with E-state index in [2.05, 4.69) is 26.0 Å². The van der Waals surface area contributed by atoms with Crippen molar-refractivity contribution < 1.29 is 4.39 Å². The van der Waals surface area contributed by atoms with Crippen LogP contribution in [-0.4, -0.2) is 0 Å². The Balaban J connectivity index is 1.43. The summed E-state index contributed by atoms with van der Waals surface area (Å²) in [6.45, 7) is 4.58. The first-order valence-electron chi connectivity index (χ1n) is 12.5. The summed E-state index contributed by atoms with van der Waals surface area (Å²) in [5.74, 6) is 3.27. The van der Waals surface area contributed by atoms with Crippen LogP contribution in [0.3, 0.4) is 0 Å². The molecule has 28 heavy (non-hydrogen) atoms. The minimum absolute atomic E-state index is 0.0692. The van der Waals surface area contributed by atoms with Gasteiger partial charge in [-0.2, -0.15) is 0 Å². The number of hydrogen-bond acceptors (Lipinski definition) is 0. The molecule has 0 spiro atoms. The van der Waals surface area contributed by atoms with Gasteiger partial charge in [-0.1, -0.05) is 83.8 Å². The van der Waals surface area contributed by atoms with E-state index in [-0.39, 0.29) is 5.82 Å². The maximum absolute atomic E-state index is 14.8. The van der Waals surface area contributed by atoms with Crippen LogP contribution in [0, 0.1) is 23.6 Å². The molecule has 0 amide bonds. The van der Waals surface area contributed by atoms with Gasteiger partial charge in [-0.25, -0.2) is 4.39 Å². The number of rotatable bonds is 9. The molecule has 2 aliphatic carbocycles. The maximum Gasteiger partial charge on any atom is 0.126 e. The molecule has 0 heterocycles. The fraction of sp³-hybridized carbons (Fsp3) is 0.778. The molecule has 0 aliphatic heterocycles. The molecule has 0 radical (unpaired) electrons. The van der Waals surface area contributed by atoms with Crippen LogP contribution in [-0.2, 0) is 6.42 Å². The van der Waals surface area contributed by atoms with Crippen LogP contribution >= 0.6 is 0 Å². The van der Waals surface area contributed by atoms with E-state index >= 15 is 0 Å². The van der Waals surface area contributed by atoms with Crippen molar-refractivity contribution in [1.82, 2.24) is 0 Å². The summed E-state index contributed by atoms with van der Waals surface area (Å²) in [4.78, 5) is 0. The van der Waals surface area contributed by atoms with Crippen molar-refractivity contribution in [3.63, 3.8) is 0 Å². The lowest BCUT2D eigenvalue weighted by Gasteiger charge is -2.29. The molecule has 0 bridgehead atoms. The lowest BCUT2D eigenvalue weighted by molar-refractivity contribution is 0.250. The highest BCUT2D eigenvalue weighted by atomic mass is 19.1. The molecule has 1 aromatic rings. The van der Waals surface area contributed by atoms with Gasteiger partial charge in [0.1, 0.15) is 5.82 Å². The zero-order chi connectivity index (χ0) is 19.8. The first-order chi connectivity index (χ1) is 13.7. The number of halogens is 1. The Labute approximate surface area is 173 Å². The lowest BCUT2D eigenvalue weighted by Crippen LogP contribution is -2.15. The standard InChI is InChI=1S/C27H43F/c1-3-5-7-22-8-10-23(11-9-22)12-13-24-16-19-26(27(28)20-24)25-17-14-21(6-4-2)15-18-25/h16,19-23,25H,3-15,17-18H2,1-2H3. The zero-order valence-corrected chi connectivity index (χ0v) is 18.5. The number of hydrogen-bond donors (Lipinski definition) is 0. The smallest absolute Gasteiger partial charge is 0.126 e. The summed E-state index contributed by atoms with van der Waals surface area (Å²) in [5, 5.41) is 0. The normalized spacial score (nSPS) is 28.4. The molecule has 2 saturated carbocycles. The van der Waals surface area contributed by atoms with Gasteiger partial charge in [0, 0.05) is 0 Å². The molecular formula is C27H43F. The highest BCUT2D eigenvalue weighted by Crippen LogP contribution is 2.39. The average Bonchev–Trinajstić information content (AvgIpc) is 2.72. The van der Waals surface area contributed by atoms with Gasteiger partial charge in [-0.3, -0.25) is 0 Å². The fourth-order valence-corrected chi connectivity index (χ4v) is 5.90. The largest absolute Gasteiger partial charge is 0.207 e. The van der Waals surface area contributed by atoms with Crippen molar-refractivity contribution in [2.45, 2.75) is 116 Å². The van der Waals surface area contributed by atoms with Gasteiger partial charge in [0.25, 0.3) is 0 Å². The van der Waals surface area contributed by atoms with Crippen molar-refractivity contribution in [3.05, 3.63) is 35.1 Å². The van der Waals surface area contributed by atoms with Crippen molar-refractivity contribution in [2.75, 3.05) is 0 Å². The Morgan fingerprint density at radius 3 is 1.96 bits per heavy atom. The molecule has 0 saturated heterocycles. The van der Waals surface area contributed by atoms with Crippen molar-refractivity contribution >= 4 is 0 Å². The molecule has 2 fully saturated rings. The second kappa shape index (κ2) is 11.4. The van der Waals surface area contributed by atoms with E-state index in [4.69, 9.17) is 0 Å². The third-order valence-electron chi connectivity index (χ3n) is 7.82. The van der Waals surface area contributed by atoms with E-state index in [1.165, 1.54) is 95.5 Å². The Bertz CT molecular complexity index is 562. The minimum Gasteiger partial charge on any atom is -0.207 e. The first kappa shape index (κ1) is 21.8. The molecule has 0 unspecified atom stereocenters. The van der Waals surface area contributed by atoms with E-state index in [1.807, 2.05) is 6.07 Å². The van der Waals surface area contributed by atoms with E-state index in [9.17, 15) is 4.39 Å². The molecule has 0 aromatic heterocycles. The van der Waals surface area contributed by atoms with E-state index in [0.29, 0.717) is 5.92 Å². The van der Waals surface area contributed by atoms with Gasteiger partial charge in [0.05, 0.1) is 0 Å². The fourth-order valence-electron chi connectivity index (χ4n) is 5.90. The van der Waals surface area contributed by atoms with Crippen LogP contribution in [0.5, 0.6) is 0 Å². The molecular weight excluding hydrogens is 343 g/mol. The molecule has 2 aliphatic rings. The van der Waals surface area contributed by atoms with Gasteiger partial charge in [-0.05, 0) is 79.4 Å². The van der Waals surface area contributed by atoms with E-state index in [1.54, 1.807) is 0 Å². The summed E-state index contributed by atoms with van der Waals surface area (Å²) < 4.78 is 14.8. The Kier molecular flexibility index (Phi) is 8.87. The highest BCUT2D eigenvalue weighted by Gasteiger charge is 2.24. The summed E-state index contributed by atoms with van der Waals surface area (Å²) in [6, 6.07) is 6.21. The Morgan fingerprint density at radius 1 is 0.750 bits per heavy atom. The summed E-state index contributed by atoms with van der Waals surface area (Å²) in [5.41, 5.74) is 2.21. The van der Waals surface area contributed by atoms with Crippen molar-refractivity contribution in [1.29, 1.82) is 0 Å². The zero-order valence-electron chi connectivity index (χ0n) is 18.5. The Hall–Kier alpha value is -0.850.